The summed E-state index contributed by atoms with van der Waals surface area (Å²) < 4.78 is 87.0. The van der Waals surface area contributed by atoms with Crippen molar-refractivity contribution in [2.45, 2.75) is 12.4 Å². The van der Waals surface area contributed by atoms with Crippen molar-refractivity contribution < 1.29 is 35.5 Å². The summed E-state index contributed by atoms with van der Waals surface area (Å²) in [5.74, 6) is -1.97. The highest BCUT2D eigenvalue weighted by Crippen LogP contribution is 2.38. The fourth-order valence-electron chi connectivity index (χ4n) is 1.19. The van der Waals surface area contributed by atoms with Crippen LogP contribution in [-0.4, -0.2) is 5.24 Å². The molecule has 0 fully saturated rings. The summed E-state index contributed by atoms with van der Waals surface area (Å²) in [6, 6.07) is -0.580. The van der Waals surface area contributed by atoms with Crippen LogP contribution in [0.2, 0.25) is 0 Å². The molecule has 1 rings (SSSR count). The summed E-state index contributed by atoms with van der Waals surface area (Å²) in [4.78, 5) is 10.6. The Hall–Kier alpha value is -1.31. The fourth-order valence-corrected chi connectivity index (χ4v) is 1.39. The topological polar surface area (TPSA) is 17.1 Å². The lowest BCUT2D eigenvalue weighted by Crippen LogP contribution is -2.16. The lowest BCUT2D eigenvalue weighted by atomic mass is 10.0. The maximum atomic E-state index is 13.1. The normalized spacial score (nSPS) is 12.7. The van der Waals surface area contributed by atoms with Crippen molar-refractivity contribution in [2.75, 3.05) is 0 Å². The first kappa shape index (κ1) is 14.7. The summed E-state index contributed by atoms with van der Waals surface area (Å²) in [6.45, 7) is 0. The molecular weight excluding hydrogens is 293 g/mol. The Kier molecular flexibility index (Phi) is 3.62. The second kappa shape index (κ2) is 4.42. The van der Waals surface area contributed by atoms with Gasteiger partial charge in [0.25, 0.3) is 5.24 Å². The molecule has 9 heteroatoms. The number of carbonyl (C=O) groups excluding carboxylic acids is 1. The van der Waals surface area contributed by atoms with Crippen LogP contribution < -0.4 is 0 Å². The molecule has 100 valence electrons. The molecule has 0 unspecified atom stereocenters. The minimum absolute atomic E-state index is 0.217. The van der Waals surface area contributed by atoms with Gasteiger partial charge in [0.2, 0.25) is 0 Å². The van der Waals surface area contributed by atoms with Gasteiger partial charge in [-0.05, 0) is 23.7 Å². The third-order valence-corrected chi connectivity index (χ3v) is 2.11. The van der Waals surface area contributed by atoms with Gasteiger partial charge < -0.3 is 0 Å². The summed E-state index contributed by atoms with van der Waals surface area (Å²) in [6.07, 6.45) is -10.5. The molecule has 0 aliphatic heterocycles. The first-order chi connectivity index (χ1) is 7.94. The van der Waals surface area contributed by atoms with Gasteiger partial charge in [-0.3, -0.25) is 4.79 Å². The number of hydrogen-bond acceptors (Lipinski definition) is 1. The van der Waals surface area contributed by atoms with Gasteiger partial charge in [0.1, 0.15) is 5.82 Å². The average molecular weight is 295 g/mol. The number of benzene rings is 1. The minimum atomic E-state index is -5.33. The second-order valence-electron chi connectivity index (χ2n) is 3.15. The molecule has 1 nitrogen and oxygen atoms in total. The zero-order chi connectivity index (χ0) is 14.3. The summed E-state index contributed by atoms with van der Waals surface area (Å²) in [5.41, 5.74) is -5.54. The molecule has 0 aliphatic carbocycles. The van der Waals surface area contributed by atoms with Crippen LogP contribution in [0.5, 0.6) is 0 Å². The van der Waals surface area contributed by atoms with Crippen LogP contribution in [0.4, 0.5) is 30.7 Å². The molecule has 0 radical (unpaired) electrons. The van der Waals surface area contributed by atoms with Crippen LogP contribution in [0.15, 0.2) is 12.1 Å². The standard InChI is InChI=1S/C9H2ClF7O/c10-7(18)6-4(9(15,16)17)1-3(2-5(6)11)8(12,13)14/h1-2H. The van der Waals surface area contributed by atoms with Crippen LogP contribution in [0.1, 0.15) is 21.5 Å². The van der Waals surface area contributed by atoms with Crippen molar-refractivity contribution >= 4 is 16.8 Å². The Morgan fingerprint density at radius 2 is 1.50 bits per heavy atom. The van der Waals surface area contributed by atoms with Crippen LogP contribution in [0.25, 0.3) is 0 Å². The van der Waals surface area contributed by atoms with Gasteiger partial charge in [-0.25, -0.2) is 4.39 Å². The zero-order valence-electron chi connectivity index (χ0n) is 8.09. The lowest BCUT2D eigenvalue weighted by Gasteiger charge is -2.14. The Balaban J connectivity index is 3.64. The highest BCUT2D eigenvalue weighted by molar-refractivity contribution is 6.68. The van der Waals surface area contributed by atoms with Crippen LogP contribution in [0.3, 0.4) is 0 Å². The van der Waals surface area contributed by atoms with E-state index in [0.29, 0.717) is 0 Å². The molecule has 0 aliphatic rings. The van der Waals surface area contributed by atoms with E-state index in [1.54, 1.807) is 0 Å². The quantitative estimate of drug-likeness (QED) is 0.559. The van der Waals surface area contributed by atoms with Crippen molar-refractivity contribution in [1.29, 1.82) is 0 Å². The van der Waals surface area contributed by atoms with Crippen molar-refractivity contribution in [3.05, 3.63) is 34.6 Å². The average Bonchev–Trinajstić information content (AvgIpc) is 2.12. The Morgan fingerprint density at radius 3 is 1.83 bits per heavy atom. The van der Waals surface area contributed by atoms with Crippen LogP contribution in [0, 0.1) is 5.82 Å². The van der Waals surface area contributed by atoms with E-state index in [9.17, 15) is 35.5 Å². The molecule has 0 saturated heterocycles. The summed E-state index contributed by atoms with van der Waals surface area (Å²) in [7, 11) is 0. The SMILES string of the molecule is O=C(Cl)c1c(F)cc(C(F)(F)F)cc1C(F)(F)F. The van der Waals surface area contributed by atoms with E-state index in [1.165, 1.54) is 0 Å². The van der Waals surface area contributed by atoms with Gasteiger partial charge in [-0.1, -0.05) is 0 Å². The van der Waals surface area contributed by atoms with E-state index in [0.717, 1.165) is 0 Å². The van der Waals surface area contributed by atoms with Gasteiger partial charge in [0.15, 0.2) is 0 Å². The first-order valence-corrected chi connectivity index (χ1v) is 4.50. The Morgan fingerprint density at radius 1 is 1.00 bits per heavy atom. The summed E-state index contributed by atoms with van der Waals surface area (Å²) in [5, 5.41) is -1.83. The predicted molar refractivity (Wildman–Crippen MR) is 46.6 cm³/mol. The van der Waals surface area contributed by atoms with E-state index in [2.05, 4.69) is 0 Å². The molecule has 1 aromatic carbocycles. The molecule has 0 N–H and O–H groups in total. The van der Waals surface area contributed by atoms with Gasteiger partial charge in [0, 0.05) is 0 Å². The number of carbonyl (C=O) groups is 1. The van der Waals surface area contributed by atoms with Crippen molar-refractivity contribution in [1.82, 2.24) is 0 Å². The largest absolute Gasteiger partial charge is 0.417 e. The van der Waals surface area contributed by atoms with E-state index in [1.807, 2.05) is 0 Å². The molecule has 18 heavy (non-hydrogen) atoms. The summed E-state index contributed by atoms with van der Waals surface area (Å²) >= 11 is 4.73. The number of rotatable bonds is 1. The van der Waals surface area contributed by atoms with Gasteiger partial charge >= 0.3 is 12.4 Å². The second-order valence-corrected chi connectivity index (χ2v) is 3.49. The first-order valence-electron chi connectivity index (χ1n) is 4.12. The Bertz CT molecular complexity index is 489. The number of halogens is 8. The molecule has 0 spiro atoms. The Labute approximate surface area is 100 Å². The van der Waals surface area contributed by atoms with Crippen LogP contribution >= 0.6 is 11.6 Å². The minimum Gasteiger partial charge on any atom is -0.275 e. The lowest BCUT2D eigenvalue weighted by molar-refractivity contribution is -0.143. The van der Waals surface area contributed by atoms with E-state index < -0.39 is 40.1 Å². The molecule has 0 saturated carbocycles. The third kappa shape index (κ3) is 2.92. The molecule has 0 amide bonds. The maximum Gasteiger partial charge on any atom is 0.417 e. The number of alkyl halides is 6. The van der Waals surface area contributed by atoms with Crippen molar-refractivity contribution in [3.63, 3.8) is 0 Å². The number of hydrogen-bond donors (Lipinski definition) is 0. The van der Waals surface area contributed by atoms with Gasteiger partial charge in [0.05, 0.1) is 16.7 Å². The zero-order valence-corrected chi connectivity index (χ0v) is 8.84. The third-order valence-electron chi connectivity index (χ3n) is 1.92. The van der Waals surface area contributed by atoms with Gasteiger partial charge in [-0.15, -0.1) is 0 Å². The highest BCUT2D eigenvalue weighted by atomic mass is 35.5. The highest BCUT2D eigenvalue weighted by Gasteiger charge is 2.41. The van der Waals surface area contributed by atoms with E-state index >= 15 is 0 Å². The molecule has 0 heterocycles. The van der Waals surface area contributed by atoms with E-state index in [4.69, 9.17) is 11.6 Å². The predicted octanol–water partition coefficient (Wildman–Crippen LogP) is 4.24. The molecule has 0 aromatic heterocycles. The maximum absolute atomic E-state index is 13.1. The molecule has 0 atom stereocenters. The fraction of sp³-hybridized carbons (Fsp3) is 0.222. The monoisotopic (exact) mass is 294 g/mol. The van der Waals surface area contributed by atoms with E-state index in [-0.39, 0.29) is 12.1 Å². The molecular formula is C9H2ClF7O. The van der Waals surface area contributed by atoms with Crippen molar-refractivity contribution in [3.8, 4) is 0 Å². The van der Waals surface area contributed by atoms with Crippen LogP contribution in [-0.2, 0) is 12.4 Å². The van der Waals surface area contributed by atoms with Crippen molar-refractivity contribution in [2.24, 2.45) is 0 Å². The molecule has 0 bridgehead atoms. The van der Waals surface area contributed by atoms with Gasteiger partial charge in [-0.2, -0.15) is 26.3 Å². The smallest absolute Gasteiger partial charge is 0.275 e. The molecule has 1 aromatic rings.